The van der Waals surface area contributed by atoms with Crippen LogP contribution in [0.3, 0.4) is 0 Å². The molecular weight excluding hydrogens is 608 g/mol. The van der Waals surface area contributed by atoms with Crippen LogP contribution in [0.2, 0.25) is 0 Å². The summed E-state index contributed by atoms with van der Waals surface area (Å²) < 4.78 is 41.4. The minimum Gasteiger partial charge on any atom is -0.494 e. The van der Waals surface area contributed by atoms with Crippen molar-refractivity contribution in [3.8, 4) is 62.5 Å². The highest BCUT2D eigenvalue weighted by Gasteiger charge is 2.24. The lowest BCUT2D eigenvalue weighted by atomic mass is 9.98. The smallest absolute Gasteiger partial charge is 0.351 e. The maximum Gasteiger partial charge on any atom is 0.351 e. The number of ether oxygens (including phenoxy) is 7. The van der Waals surface area contributed by atoms with E-state index >= 15 is 0 Å². The predicted octanol–water partition coefficient (Wildman–Crippen LogP) is 9.80. The van der Waals surface area contributed by atoms with Gasteiger partial charge in [0.1, 0.15) is 45.8 Å². The summed E-state index contributed by atoms with van der Waals surface area (Å²) in [6.07, 6.45) is 2.42. The molecule has 0 spiro atoms. The lowest BCUT2D eigenvalue weighted by Gasteiger charge is -2.18. The number of rotatable bonds is 19. The van der Waals surface area contributed by atoms with Gasteiger partial charge in [0, 0.05) is 24.3 Å². The number of carbonyl (C=O) groups is 1. The zero-order chi connectivity index (χ0) is 34.3. The highest BCUT2D eigenvalue weighted by Crippen LogP contribution is 2.43. The van der Waals surface area contributed by atoms with Gasteiger partial charge >= 0.3 is 5.97 Å². The molecule has 0 bridgehead atoms. The number of benzene rings is 4. The molecule has 8 nitrogen and oxygen atoms in total. The van der Waals surface area contributed by atoms with Gasteiger partial charge in [0.05, 0.1) is 45.2 Å². The van der Waals surface area contributed by atoms with Crippen molar-refractivity contribution in [1.82, 2.24) is 0 Å². The van der Waals surface area contributed by atoms with Crippen LogP contribution in [0.1, 0.15) is 71.2 Å². The van der Waals surface area contributed by atoms with Crippen molar-refractivity contribution in [2.75, 3.05) is 39.6 Å². The first-order valence-electron chi connectivity index (χ1n) is 17.0. The van der Waals surface area contributed by atoms with Crippen LogP contribution < -0.4 is 33.2 Å². The molecule has 0 atom stereocenters. The van der Waals surface area contributed by atoms with E-state index in [1.807, 2.05) is 77.9 Å². The lowest BCUT2D eigenvalue weighted by Crippen LogP contribution is -2.14. The first-order valence-corrected chi connectivity index (χ1v) is 17.0. The van der Waals surface area contributed by atoms with Gasteiger partial charge in [-0.2, -0.15) is 0 Å². The summed E-state index contributed by atoms with van der Waals surface area (Å²) in [5.41, 5.74) is 4.07. The fourth-order valence-electron chi connectivity index (χ4n) is 5.06. The van der Waals surface area contributed by atoms with Gasteiger partial charge in [-0.15, -0.1) is 0 Å². The molecular formula is C40H48O8. The summed E-state index contributed by atoms with van der Waals surface area (Å²) in [6, 6.07) is 22.9. The number of carbonyl (C=O) groups excluding carboxylic acids is 1. The van der Waals surface area contributed by atoms with Crippen LogP contribution in [0.25, 0.3) is 22.3 Å². The second-order valence-electron chi connectivity index (χ2n) is 10.9. The van der Waals surface area contributed by atoms with E-state index in [2.05, 4.69) is 12.1 Å². The summed E-state index contributed by atoms with van der Waals surface area (Å²) >= 11 is 0. The Kier molecular flexibility index (Phi) is 13.9. The normalized spacial score (nSPS) is 10.7. The van der Waals surface area contributed by atoms with Crippen molar-refractivity contribution in [1.29, 1.82) is 0 Å². The quantitative estimate of drug-likeness (QED) is 0.0729. The van der Waals surface area contributed by atoms with E-state index in [1.165, 1.54) is 0 Å². The Morgan fingerprint density at radius 2 is 0.875 bits per heavy atom. The fraction of sp³-hybridized carbons (Fsp3) is 0.375. The van der Waals surface area contributed by atoms with Crippen LogP contribution >= 0.6 is 0 Å². The van der Waals surface area contributed by atoms with Crippen LogP contribution in [0.15, 0.2) is 72.8 Å². The van der Waals surface area contributed by atoms with E-state index in [0.29, 0.717) is 79.9 Å². The SMILES string of the molecule is CCCOc1cc(OCCC)c(C(=O)Oc2ccc(-c3ccc(-c4c(OCC)cc(OCC)cc4OCC)cc3)cc2)c(OCCC)c1. The fourth-order valence-corrected chi connectivity index (χ4v) is 5.06. The molecule has 0 unspecified atom stereocenters. The molecule has 48 heavy (non-hydrogen) atoms. The zero-order valence-electron chi connectivity index (χ0n) is 29.1. The first-order chi connectivity index (χ1) is 23.5. The molecule has 256 valence electrons. The minimum absolute atomic E-state index is 0.243. The summed E-state index contributed by atoms with van der Waals surface area (Å²) in [7, 11) is 0. The van der Waals surface area contributed by atoms with E-state index in [-0.39, 0.29) is 5.56 Å². The van der Waals surface area contributed by atoms with Gasteiger partial charge in [-0.05, 0) is 68.9 Å². The van der Waals surface area contributed by atoms with Gasteiger partial charge < -0.3 is 33.2 Å². The maximum atomic E-state index is 13.6. The molecule has 0 saturated heterocycles. The van der Waals surface area contributed by atoms with Gasteiger partial charge in [0.25, 0.3) is 0 Å². The van der Waals surface area contributed by atoms with E-state index in [4.69, 9.17) is 33.2 Å². The number of hydrogen-bond acceptors (Lipinski definition) is 8. The Balaban J connectivity index is 1.58. The van der Waals surface area contributed by atoms with Gasteiger partial charge in [-0.3, -0.25) is 0 Å². The lowest BCUT2D eigenvalue weighted by molar-refractivity contribution is 0.0725. The average molecular weight is 657 g/mol. The third-order valence-corrected chi connectivity index (χ3v) is 7.16. The summed E-state index contributed by atoms with van der Waals surface area (Å²) in [6.45, 7) is 14.9. The maximum absolute atomic E-state index is 13.6. The Bertz CT molecular complexity index is 1540. The van der Waals surface area contributed by atoms with Crippen molar-refractivity contribution >= 4 is 5.97 Å². The summed E-state index contributed by atoms with van der Waals surface area (Å²) in [4.78, 5) is 13.6. The molecule has 0 aliphatic heterocycles. The van der Waals surface area contributed by atoms with Crippen molar-refractivity contribution < 1.29 is 38.0 Å². The number of esters is 1. The highest BCUT2D eigenvalue weighted by molar-refractivity contribution is 5.97. The Labute approximate surface area is 284 Å². The van der Waals surface area contributed by atoms with Gasteiger partial charge in [-0.25, -0.2) is 4.79 Å². The number of hydrogen-bond donors (Lipinski definition) is 0. The van der Waals surface area contributed by atoms with Gasteiger partial charge in [0.2, 0.25) is 0 Å². The van der Waals surface area contributed by atoms with E-state index in [0.717, 1.165) is 41.5 Å². The molecule has 8 heteroatoms. The van der Waals surface area contributed by atoms with Crippen molar-refractivity contribution in [3.63, 3.8) is 0 Å². The van der Waals surface area contributed by atoms with Crippen molar-refractivity contribution in [2.24, 2.45) is 0 Å². The standard InChI is InChI=1S/C40H48O8/c1-7-21-45-33-26-36(46-22-8-2)39(37(27-33)47-23-9-3)40(41)48-31-19-17-29(18-20-31)28-13-15-30(16-14-28)38-34(43-11-5)24-32(42-10-4)25-35(38)44-12-6/h13-20,24-27H,7-12,21-23H2,1-6H3. The van der Waals surface area contributed by atoms with E-state index in [1.54, 1.807) is 24.3 Å². The molecule has 4 rings (SSSR count). The van der Waals surface area contributed by atoms with Gasteiger partial charge in [0.15, 0.2) is 0 Å². The first kappa shape index (κ1) is 36.0. The van der Waals surface area contributed by atoms with Crippen molar-refractivity contribution in [3.05, 3.63) is 78.4 Å². The molecule has 0 saturated carbocycles. The topological polar surface area (TPSA) is 81.7 Å². The minimum atomic E-state index is -0.558. The highest BCUT2D eigenvalue weighted by atomic mass is 16.5. The average Bonchev–Trinajstić information content (AvgIpc) is 3.09. The molecule has 0 radical (unpaired) electrons. The third-order valence-electron chi connectivity index (χ3n) is 7.16. The molecule has 0 aromatic heterocycles. The summed E-state index contributed by atoms with van der Waals surface area (Å²) in [5, 5.41) is 0. The van der Waals surface area contributed by atoms with Crippen LogP contribution in [0.4, 0.5) is 0 Å². The Morgan fingerprint density at radius 1 is 0.458 bits per heavy atom. The second-order valence-corrected chi connectivity index (χ2v) is 10.9. The predicted molar refractivity (Wildman–Crippen MR) is 190 cm³/mol. The Hall–Kier alpha value is -4.85. The van der Waals surface area contributed by atoms with E-state index < -0.39 is 5.97 Å². The van der Waals surface area contributed by atoms with Crippen molar-refractivity contribution in [2.45, 2.75) is 60.8 Å². The molecule has 0 amide bonds. The Morgan fingerprint density at radius 3 is 1.35 bits per heavy atom. The molecule has 0 heterocycles. The largest absolute Gasteiger partial charge is 0.494 e. The van der Waals surface area contributed by atoms with Crippen LogP contribution in [-0.2, 0) is 0 Å². The second kappa shape index (κ2) is 18.5. The molecule has 4 aromatic rings. The van der Waals surface area contributed by atoms with Gasteiger partial charge in [-0.1, -0.05) is 57.2 Å². The molecule has 4 aromatic carbocycles. The van der Waals surface area contributed by atoms with Crippen LogP contribution in [0.5, 0.6) is 40.2 Å². The molecule has 0 aliphatic rings. The van der Waals surface area contributed by atoms with E-state index in [9.17, 15) is 4.79 Å². The third kappa shape index (κ3) is 9.37. The summed E-state index contributed by atoms with van der Waals surface area (Å²) in [5.74, 6) is 3.32. The molecule has 0 fully saturated rings. The molecule has 0 aliphatic carbocycles. The van der Waals surface area contributed by atoms with Crippen LogP contribution in [0, 0.1) is 0 Å². The monoisotopic (exact) mass is 656 g/mol. The zero-order valence-corrected chi connectivity index (χ0v) is 29.1. The van der Waals surface area contributed by atoms with Crippen LogP contribution in [-0.4, -0.2) is 45.6 Å². The molecule has 0 N–H and O–H groups in total.